The fourth-order valence-electron chi connectivity index (χ4n) is 2.71. The lowest BCUT2D eigenvalue weighted by Gasteiger charge is -2.27. The first-order chi connectivity index (χ1) is 12.1. The first-order valence-electron chi connectivity index (χ1n) is 8.40. The van der Waals surface area contributed by atoms with Gasteiger partial charge in [0.25, 0.3) is 11.8 Å². The highest BCUT2D eigenvalue weighted by Gasteiger charge is 2.26. The molecule has 0 bridgehead atoms. The molecule has 0 radical (unpaired) electrons. The summed E-state index contributed by atoms with van der Waals surface area (Å²) in [4.78, 5) is 27.0. The molecule has 0 spiro atoms. The number of carbonyl (C=O) groups is 2. The maximum atomic E-state index is 12.9. The zero-order chi connectivity index (χ0) is 17.8. The number of anilines is 1. The van der Waals surface area contributed by atoms with E-state index in [1.54, 1.807) is 20.5 Å². The molecule has 1 N–H and O–H groups in total. The van der Waals surface area contributed by atoms with E-state index < -0.39 is 0 Å². The summed E-state index contributed by atoms with van der Waals surface area (Å²) in [5.74, 6) is -0.464. The Balaban J connectivity index is 1.82. The number of aryl methyl sites for hydroxylation is 2. The number of morpholine rings is 1. The van der Waals surface area contributed by atoms with Crippen LogP contribution in [0.25, 0.3) is 0 Å². The normalized spacial score (nSPS) is 14.6. The summed E-state index contributed by atoms with van der Waals surface area (Å²) in [5.41, 5.74) is 1.24. The van der Waals surface area contributed by atoms with Crippen LogP contribution in [-0.4, -0.2) is 62.6 Å². The second-order valence-electron chi connectivity index (χ2n) is 5.67. The lowest BCUT2D eigenvalue weighted by atomic mass is 10.2. The van der Waals surface area contributed by atoms with Gasteiger partial charge in [-0.05, 0) is 13.8 Å². The molecule has 0 saturated carbocycles. The minimum Gasteiger partial charge on any atom is -0.378 e. The molecule has 0 atom stereocenters. The predicted octanol–water partition coefficient (Wildman–Crippen LogP) is 0.844. The molecular formula is C16H22N6O3. The molecular weight excluding hydrogens is 324 g/mol. The van der Waals surface area contributed by atoms with Crippen LogP contribution in [0.2, 0.25) is 0 Å². The fourth-order valence-corrected chi connectivity index (χ4v) is 2.71. The molecule has 9 nitrogen and oxygen atoms in total. The molecule has 25 heavy (non-hydrogen) atoms. The summed E-state index contributed by atoms with van der Waals surface area (Å²) in [6.45, 7) is 7.17. The van der Waals surface area contributed by atoms with Crippen LogP contribution in [-0.2, 0) is 17.8 Å². The number of aromatic nitrogens is 4. The molecule has 134 valence electrons. The molecule has 9 heteroatoms. The zero-order valence-corrected chi connectivity index (χ0v) is 14.4. The average molecular weight is 346 g/mol. The Morgan fingerprint density at radius 1 is 1.16 bits per heavy atom. The van der Waals surface area contributed by atoms with Crippen molar-refractivity contribution in [2.75, 3.05) is 31.6 Å². The molecule has 0 unspecified atom stereocenters. The molecule has 1 fully saturated rings. The van der Waals surface area contributed by atoms with Gasteiger partial charge in [-0.15, -0.1) is 0 Å². The lowest BCUT2D eigenvalue weighted by molar-refractivity contribution is 0.0295. The first kappa shape index (κ1) is 17.2. The second-order valence-corrected chi connectivity index (χ2v) is 5.67. The van der Waals surface area contributed by atoms with E-state index in [9.17, 15) is 9.59 Å². The number of nitrogens with one attached hydrogen (secondary N) is 1. The average Bonchev–Trinajstić information content (AvgIpc) is 3.28. The van der Waals surface area contributed by atoms with Crippen LogP contribution < -0.4 is 5.32 Å². The van der Waals surface area contributed by atoms with Gasteiger partial charge in [-0.1, -0.05) is 0 Å². The van der Waals surface area contributed by atoms with Crippen molar-refractivity contribution in [3.63, 3.8) is 0 Å². The van der Waals surface area contributed by atoms with Crippen molar-refractivity contribution in [3.05, 3.63) is 29.8 Å². The Kier molecular flexibility index (Phi) is 5.13. The summed E-state index contributed by atoms with van der Waals surface area (Å²) in [7, 11) is 0. The number of carbonyl (C=O) groups excluding carboxylic acids is 2. The Bertz CT molecular complexity index is 760. The molecule has 2 amide bonds. The van der Waals surface area contributed by atoms with E-state index >= 15 is 0 Å². The molecule has 1 aliphatic rings. The van der Waals surface area contributed by atoms with Crippen LogP contribution >= 0.6 is 0 Å². The van der Waals surface area contributed by atoms with Crippen LogP contribution in [0.15, 0.2) is 18.6 Å². The summed E-state index contributed by atoms with van der Waals surface area (Å²) in [5, 5.41) is 11.1. The highest BCUT2D eigenvalue weighted by molar-refractivity contribution is 6.08. The molecule has 3 rings (SSSR count). The van der Waals surface area contributed by atoms with Gasteiger partial charge < -0.3 is 15.0 Å². The summed E-state index contributed by atoms with van der Waals surface area (Å²) in [6.07, 6.45) is 4.69. The van der Waals surface area contributed by atoms with Crippen LogP contribution in [0.3, 0.4) is 0 Å². The largest absolute Gasteiger partial charge is 0.378 e. The van der Waals surface area contributed by atoms with E-state index in [0.717, 1.165) is 0 Å². The van der Waals surface area contributed by atoms with Crippen LogP contribution in [0.5, 0.6) is 0 Å². The maximum Gasteiger partial charge on any atom is 0.274 e. The summed E-state index contributed by atoms with van der Waals surface area (Å²) >= 11 is 0. The van der Waals surface area contributed by atoms with E-state index in [1.807, 2.05) is 13.8 Å². The van der Waals surface area contributed by atoms with E-state index in [-0.39, 0.29) is 11.8 Å². The monoisotopic (exact) mass is 346 g/mol. The van der Waals surface area contributed by atoms with Crippen molar-refractivity contribution in [2.24, 2.45) is 0 Å². The lowest BCUT2D eigenvalue weighted by Crippen LogP contribution is -2.41. The molecule has 2 aromatic rings. The van der Waals surface area contributed by atoms with Gasteiger partial charge in [-0.2, -0.15) is 10.2 Å². The van der Waals surface area contributed by atoms with Crippen molar-refractivity contribution < 1.29 is 14.3 Å². The SMILES string of the molecule is CCn1cc(C(=O)Nc2cnn(CC)c2C(=O)N2CCOCC2)cn1. The third kappa shape index (κ3) is 3.55. The first-order valence-corrected chi connectivity index (χ1v) is 8.40. The fraction of sp³-hybridized carbons (Fsp3) is 0.500. The van der Waals surface area contributed by atoms with Crippen molar-refractivity contribution in [1.82, 2.24) is 24.5 Å². The van der Waals surface area contributed by atoms with E-state index in [4.69, 9.17) is 4.74 Å². The van der Waals surface area contributed by atoms with Gasteiger partial charge >= 0.3 is 0 Å². The van der Waals surface area contributed by atoms with Crippen molar-refractivity contribution in [2.45, 2.75) is 26.9 Å². The maximum absolute atomic E-state index is 12.9. The smallest absolute Gasteiger partial charge is 0.274 e. The van der Waals surface area contributed by atoms with Crippen molar-refractivity contribution in [1.29, 1.82) is 0 Å². The Labute approximate surface area is 145 Å². The second kappa shape index (κ2) is 7.47. The number of amides is 2. The predicted molar refractivity (Wildman–Crippen MR) is 90.5 cm³/mol. The summed E-state index contributed by atoms with van der Waals surface area (Å²) in [6, 6.07) is 0. The van der Waals surface area contributed by atoms with Gasteiger partial charge in [0.1, 0.15) is 5.69 Å². The molecule has 3 heterocycles. The van der Waals surface area contributed by atoms with E-state index in [1.165, 1.54) is 12.4 Å². The molecule has 0 aromatic carbocycles. The topological polar surface area (TPSA) is 94.3 Å². The number of nitrogens with zero attached hydrogens (tertiary/aromatic N) is 5. The third-order valence-electron chi connectivity index (χ3n) is 4.11. The van der Waals surface area contributed by atoms with Gasteiger partial charge in [0.2, 0.25) is 0 Å². The Hall–Kier alpha value is -2.68. The molecule has 1 saturated heterocycles. The van der Waals surface area contributed by atoms with Gasteiger partial charge in [0, 0.05) is 32.4 Å². The van der Waals surface area contributed by atoms with Crippen molar-refractivity contribution in [3.8, 4) is 0 Å². The Morgan fingerprint density at radius 2 is 1.92 bits per heavy atom. The van der Waals surface area contributed by atoms with Crippen molar-refractivity contribution >= 4 is 17.5 Å². The summed E-state index contributed by atoms with van der Waals surface area (Å²) < 4.78 is 8.56. The number of ether oxygens (including phenoxy) is 1. The van der Waals surface area contributed by atoms with Gasteiger partial charge in [-0.25, -0.2) is 0 Å². The minimum absolute atomic E-state index is 0.151. The minimum atomic E-state index is -0.314. The van der Waals surface area contributed by atoms with Crippen LogP contribution in [0.1, 0.15) is 34.7 Å². The van der Waals surface area contributed by atoms with E-state index in [2.05, 4.69) is 15.5 Å². The zero-order valence-electron chi connectivity index (χ0n) is 14.4. The number of hydrogen-bond acceptors (Lipinski definition) is 5. The quantitative estimate of drug-likeness (QED) is 0.866. The third-order valence-corrected chi connectivity index (χ3v) is 4.11. The molecule has 1 aliphatic heterocycles. The number of rotatable bonds is 5. The van der Waals surface area contributed by atoms with Gasteiger partial charge in [-0.3, -0.25) is 19.0 Å². The van der Waals surface area contributed by atoms with Crippen LogP contribution in [0.4, 0.5) is 5.69 Å². The Morgan fingerprint density at radius 3 is 2.56 bits per heavy atom. The van der Waals surface area contributed by atoms with E-state index in [0.29, 0.717) is 56.3 Å². The van der Waals surface area contributed by atoms with Crippen LogP contribution in [0, 0.1) is 0 Å². The molecule has 0 aliphatic carbocycles. The highest BCUT2D eigenvalue weighted by atomic mass is 16.5. The highest BCUT2D eigenvalue weighted by Crippen LogP contribution is 2.19. The molecule has 2 aromatic heterocycles. The van der Waals surface area contributed by atoms with Gasteiger partial charge in [0.05, 0.1) is 36.9 Å². The standard InChI is InChI=1S/C16H22N6O3/c1-3-21-11-12(9-17-21)15(23)19-13-10-18-22(4-2)14(13)16(24)20-5-7-25-8-6-20/h9-11H,3-8H2,1-2H3,(H,19,23). The number of hydrogen-bond donors (Lipinski definition) is 1. The van der Waals surface area contributed by atoms with Gasteiger partial charge in [0.15, 0.2) is 0 Å².